The van der Waals surface area contributed by atoms with Gasteiger partial charge in [0.1, 0.15) is 0 Å². The van der Waals surface area contributed by atoms with Gasteiger partial charge in [-0.1, -0.05) is 11.6 Å². The Balaban J connectivity index is 1.98. The van der Waals surface area contributed by atoms with Gasteiger partial charge in [0, 0.05) is 18.3 Å². The lowest BCUT2D eigenvalue weighted by molar-refractivity contribution is 0.686. The number of nitrogens with zero attached hydrogens (tertiary/aromatic N) is 1. The molecule has 1 N–H and O–H groups in total. The molecule has 0 saturated heterocycles. The lowest BCUT2D eigenvalue weighted by Crippen LogP contribution is -1.95. The van der Waals surface area contributed by atoms with Gasteiger partial charge in [-0.15, -0.1) is 0 Å². The van der Waals surface area contributed by atoms with E-state index >= 15 is 0 Å². The Bertz CT molecular complexity index is 259. The van der Waals surface area contributed by atoms with E-state index in [0.29, 0.717) is 0 Å². The third kappa shape index (κ3) is 1.76. The summed E-state index contributed by atoms with van der Waals surface area (Å²) in [5, 5.41) is 0. The maximum Gasteiger partial charge on any atom is 0.0921 e. The van der Waals surface area contributed by atoms with Gasteiger partial charge in [-0.25, -0.2) is 4.98 Å². The van der Waals surface area contributed by atoms with Crippen molar-refractivity contribution < 1.29 is 0 Å². The highest BCUT2D eigenvalue weighted by molar-refractivity contribution is 5.13. The van der Waals surface area contributed by atoms with Crippen LogP contribution < -0.4 is 0 Å². The van der Waals surface area contributed by atoms with Crippen LogP contribution in [0, 0.1) is 0 Å². The van der Waals surface area contributed by atoms with E-state index < -0.39 is 0 Å². The Morgan fingerprint density at radius 3 is 3.08 bits per heavy atom. The summed E-state index contributed by atoms with van der Waals surface area (Å²) in [5.41, 5.74) is 2.81. The van der Waals surface area contributed by atoms with Gasteiger partial charge in [-0.05, 0) is 25.7 Å². The predicted molar refractivity (Wildman–Crippen MR) is 48.8 cm³/mol. The van der Waals surface area contributed by atoms with E-state index in [1.165, 1.54) is 31.4 Å². The molecule has 2 rings (SSSR count). The third-order valence-electron chi connectivity index (χ3n) is 2.36. The van der Waals surface area contributed by atoms with Crippen molar-refractivity contribution in [1.29, 1.82) is 0 Å². The van der Waals surface area contributed by atoms with Gasteiger partial charge < -0.3 is 4.98 Å². The van der Waals surface area contributed by atoms with Crippen molar-refractivity contribution in [1.82, 2.24) is 9.97 Å². The molecule has 2 heteroatoms. The number of rotatable bonds is 2. The van der Waals surface area contributed by atoms with E-state index in [4.69, 9.17) is 0 Å². The smallest absolute Gasteiger partial charge is 0.0921 e. The van der Waals surface area contributed by atoms with Crippen LogP contribution in [0.25, 0.3) is 0 Å². The van der Waals surface area contributed by atoms with Gasteiger partial charge in [0.15, 0.2) is 0 Å². The number of aromatic amines is 1. The van der Waals surface area contributed by atoms with Crippen molar-refractivity contribution in [3.63, 3.8) is 0 Å². The molecule has 0 unspecified atom stereocenters. The number of H-pyrrole nitrogens is 1. The second-order valence-electron chi connectivity index (χ2n) is 3.36. The van der Waals surface area contributed by atoms with E-state index in [1.807, 2.05) is 6.20 Å². The second kappa shape index (κ2) is 3.57. The molecule has 1 aromatic rings. The Morgan fingerprint density at radius 1 is 1.42 bits per heavy atom. The van der Waals surface area contributed by atoms with Gasteiger partial charge in [-0.3, -0.25) is 0 Å². The average Bonchev–Trinajstić information content (AvgIpc) is 2.59. The van der Waals surface area contributed by atoms with E-state index in [0.717, 1.165) is 6.42 Å². The Kier molecular flexibility index (Phi) is 2.26. The number of aromatic nitrogens is 2. The molecule has 0 radical (unpaired) electrons. The van der Waals surface area contributed by atoms with Crippen LogP contribution in [0.4, 0.5) is 0 Å². The molecule has 0 aliphatic heterocycles. The number of hydrogen-bond acceptors (Lipinski definition) is 1. The fraction of sp³-hybridized carbons (Fsp3) is 0.500. The molecule has 1 aliphatic carbocycles. The number of hydrogen-bond donors (Lipinski definition) is 1. The summed E-state index contributed by atoms with van der Waals surface area (Å²) in [6.45, 7) is 0. The van der Waals surface area contributed by atoms with Crippen molar-refractivity contribution in [2.24, 2.45) is 0 Å². The molecule has 0 aromatic carbocycles. The fourth-order valence-corrected chi connectivity index (χ4v) is 1.69. The normalized spacial score (nSPS) is 17.5. The van der Waals surface area contributed by atoms with E-state index in [2.05, 4.69) is 16.0 Å². The summed E-state index contributed by atoms with van der Waals surface area (Å²) in [5.74, 6) is 0. The number of allylic oxidation sites excluding steroid dienone is 2. The molecule has 0 fully saturated rings. The van der Waals surface area contributed by atoms with Gasteiger partial charge in [-0.2, -0.15) is 0 Å². The first-order valence-electron chi connectivity index (χ1n) is 4.60. The molecule has 0 amide bonds. The van der Waals surface area contributed by atoms with Gasteiger partial charge >= 0.3 is 0 Å². The molecule has 12 heavy (non-hydrogen) atoms. The first-order chi connectivity index (χ1) is 5.95. The zero-order valence-electron chi connectivity index (χ0n) is 7.21. The highest BCUT2D eigenvalue weighted by Crippen LogP contribution is 2.19. The van der Waals surface area contributed by atoms with Crippen LogP contribution in [0.1, 0.15) is 31.4 Å². The zero-order chi connectivity index (χ0) is 8.23. The van der Waals surface area contributed by atoms with Crippen molar-refractivity contribution >= 4 is 0 Å². The van der Waals surface area contributed by atoms with Crippen LogP contribution in [0.15, 0.2) is 24.2 Å². The maximum absolute atomic E-state index is 4.00. The van der Waals surface area contributed by atoms with Crippen LogP contribution in [-0.2, 0) is 6.42 Å². The van der Waals surface area contributed by atoms with Gasteiger partial charge in [0.05, 0.1) is 6.33 Å². The Hall–Kier alpha value is -1.05. The highest BCUT2D eigenvalue weighted by atomic mass is 14.9. The molecule has 0 atom stereocenters. The molecule has 64 valence electrons. The SMILES string of the molecule is C1=C(Cc2cnc[nH]2)CCCC1. The van der Waals surface area contributed by atoms with E-state index in [1.54, 1.807) is 11.9 Å². The summed E-state index contributed by atoms with van der Waals surface area (Å²) in [6, 6.07) is 0. The van der Waals surface area contributed by atoms with Crippen LogP contribution in [0.5, 0.6) is 0 Å². The second-order valence-corrected chi connectivity index (χ2v) is 3.36. The summed E-state index contributed by atoms with van der Waals surface area (Å²) in [7, 11) is 0. The first kappa shape index (κ1) is 7.59. The Morgan fingerprint density at radius 2 is 2.42 bits per heavy atom. The minimum absolute atomic E-state index is 1.07. The summed E-state index contributed by atoms with van der Waals surface area (Å²) in [6.07, 6.45) is 12.4. The molecule has 0 bridgehead atoms. The fourth-order valence-electron chi connectivity index (χ4n) is 1.69. The summed E-state index contributed by atoms with van der Waals surface area (Å²) < 4.78 is 0. The standard InChI is InChI=1S/C10H14N2/c1-2-4-9(5-3-1)6-10-7-11-8-12-10/h4,7-8H,1-3,5-6H2,(H,11,12). The topological polar surface area (TPSA) is 28.7 Å². The molecule has 1 aliphatic rings. The molecule has 2 nitrogen and oxygen atoms in total. The summed E-state index contributed by atoms with van der Waals surface area (Å²) in [4.78, 5) is 7.14. The van der Waals surface area contributed by atoms with Crippen molar-refractivity contribution in [2.45, 2.75) is 32.1 Å². The van der Waals surface area contributed by atoms with E-state index in [-0.39, 0.29) is 0 Å². The maximum atomic E-state index is 4.00. The molecular formula is C10H14N2. The van der Waals surface area contributed by atoms with Crippen LogP contribution >= 0.6 is 0 Å². The van der Waals surface area contributed by atoms with Crippen LogP contribution in [0.3, 0.4) is 0 Å². The largest absolute Gasteiger partial charge is 0.348 e. The van der Waals surface area contributed by atoms with Gasteiger partial charge in [0.25, 0.3) is 0 Å². The minimum Gasteiger partial charge on any atom is -0.348 e. The average molecular weight is 162 g/mol. The lowest BCUT2D eigenvalue weighted by Gasteiger charge is -2.10. The molecule has 1 aromatic heterocycles. The van der Waals surface area contributed by atoms with E-state index in [9.17, 15) is 0 Å². The Labute approximate surface area is 72.7 Å². The number of nitrogens with one attached hydrogen (secondary N) is 1. The molecule has 1 heterocycles. The first-order valence-corrected chi connectivity index (χ1v) is 4.60. The van der Waals surface area contributed by atoms with Crippen molar-refractivity contribution in [2.75, 3.05) is 0 Å². The van der Waals surface area contributed by atoms with Crippen molar-refractivity contribution in [3.8, 4) is 0 Å². The quantitative estimate of drug-likeness (QED) is 0.665. The molecule has 0 spiro atoms. The minimum atomic E-state index is 1.07. The zero-order valence-corrected chi connectivity index (χ0v) is 7.21. The van der Waals surface area contributed by atoms with Gasteiger partial charge in [0.2, 0.25) is 0 Å². The molecule has 0 saturated carbocycles. The predicted octanol–water partition coefficient (Wildman–Crippen LogP) is 2.45. The monoisotopic (exact) mass is 162 g/mol. The van der Waals surface area contributed by atoms with Crippen molar-refractivity contribution in [3.05, 3.63) is 29.9 Å². The number of imidazole rings is 1. The lowest BCUT2D eigenvalue weighted by atomic mass is 9.96. The summed E-state index contributed by atoms with van der Waals surface area (Å²) >= 11 is 0. The van der Waals surface area contributed by atoms with Crippen LogP contribution in [0.2, 0.25) is 0 Å². The highest BCUT2D eigenvalue weighted by Gasteiger charge is 2.04. The third-order valence-corrected chi connectivity index (χ3v) is 2.36. The molecular weight excluding hydrogens is 148 g/mol. The van der Waals surface area contributed by atoms with Crippen LogP contribution in [-0.4, -0.2) is 9.97 Å².